The predicted octanol–water partition coefficient (Wildman–Crippen LogP) is 1.64. The molecular weight excluding hydrogens is 224 g/mol. The van der Waals surface area contributed by atoms with E-state index in [2.05, 4.69) is 16.2 Å². The van der Waals surface area contributed by atoms with Gasteiger partial charge >= 0.3 is 0 Å². The maximum absolute atomic E-state index is 10.1. The van der Waals surface area contributed by atoms with E-state index < -0.39 is 0 Å². The quantitative estimate of drug-likeness (QED) is 0.381. The highest BCUT2D eigenvalue weighted by molar-refractivity contribution is 7.99. The smallest absolute Gasteiger partial charge is 0.207 e. The number of nitrogens with one attached hydrogen (secondary N) is 1. The van der Waals surface area contributed by atoms with E-state index in [0.717, 1.165) is 13.1 Å². The first-order valence-electron chi connectivity index (χ1n) is 5.33. The van der Waals surface area contributed by atoms with Crippen LogP contribution in [0.2, 0.25) is 0 Å². The molecule has 0 aliphatic heterocycles. The van der Waals surface area contributed by atoms with Crippen LogP contribution >= 0.6 is 11.9 Å². The minimum Gasteiger partial charge on any atom is -0.374 e. The molecule has 0 unspecified atom stereocenters. The van der Waals surface area contributed by atoms with Gasteiger partial charge in [0.05, 0.1) is 12.2 Å². The highest BCUT2D eigenvalue weighted by Crippen LogP contribution is 2.11. The lowest BCUT2D eigenvalue weighted by molar-refractivity contribution is -0.109. The molecule has 5 heteroatoms. The number of hydrogen-bond acceptors (Lipinski definition) is 4. The molecule has 0 aromatic heterocycles. The van der Waals surface area contributed by atoms with Crippen LogP contribution in [-0.4, -0.2) is 42.6 Å². The topological polar surface area (TPSA) is 41.6 Å². The first-order valence-corrected chi connectivity index (χ1v) is 6.17. The number of nitrogens with zero attached hydrogens (tertiary/aromatic N) is 1. The standard InChI is InChI=1S/C11H22N2O2S/c1-5-16-13(7-6-12-10-14)8-9-15-11(2,3)4/h5,10H,1,6-9H2,2-4H3,(H,12,14). The van der Waals surface area contributed by atoms with Gasteiger partial charge in [0.15, 0.2) is 0 Å². The van der Waals surface area contributed by atoms with Gasteiger partial charge in [-0.25, -0.2) is 4.31 Å². The highest BCUT2D eigenvalue weighted by atomic mass is 32.2. The number of ether oxygens (including phenoxy) is 1. The van der Waals surface area contributed by atoms with E-state index in [9.17, 15) is 4.79 Å². The van der Waals surface area contributed by atoms with Crippen molar-refractivity contribution in [2.45, 2.75) is 26.4 Å². The molecule has 16 heavy (non-hydrogen) atoms. The summed E-state index contributed by atoms with van der Waals surface area (Å²) in [6.07, 6.45) is 0.711. The summed E-state index contributed by atoms with van der Waals surface area (Å²) in [5.74, 6) is 0. The number of amides is 1. The van der Waals surface area contributed by atoms with Crippen molar-refractivity contribution in [2.75, 3.05) is 26.2 Å². The molecule has 0 saturated carbocycles. The Balaban J connectivity index is 3.75. The molecule has 1 amide bonds. The third-order valence-corrected chi connectivity index (χ3v) is 2.50. The number of rotatable bonds is 9. The molecule has 94 valence electrons. The second kappa shape index (κ2) is 8.61. The van der Waals surface area contributed by atoms with Crippen LogP contribution in [-0.2, 0) is 9.53 Å². The van der Waals surface area contributed by atoms with Crippen molar-refractivity contribution in [3.05, 3.63) is 12.0 Å². The van der Waals surface area contributed by atoms with E-state index in [1.165, 1.54) is 11.9 Å². The van der Waals surface area contributed by atoms with E-state index in [-0.39, 0.29) is 5.60 Å². The number of hydrogen-bond donors (Lipinski definition) is 1. The summed E-state index contributed by atoms with van der Waals surface area (Å²) < 4.78 is 7.74. The van der Waals surface area contributed by atoms with Gasteiger partial charge in [-0.3, -0.25) is 4.79 Å². The number of carbonyl (C=O) groups is 1. The first-order chi connectivity index (χ1) is 7.49. The Morgan fingerprint density at radius 1 is 1.44 bits per heavy atom. The molecule has 0 aliphatic rings. The molecule has 0 aliphatic carbocycles. The fourth-order valence-corrected chi connectivity index (χ4v) is 1.61. The van der Waals surface area contributed by atoms with Crippen LogP contribution in [0.15, 0.2) is 12.0 Å². The van der Waals surface area contributed by atoms with Crippen LogP contribution < -0.4 is 5.32 Å². The van der Waals surface area contributed by atoms with Gasteiger partial charge in [-0.15, -0.1) is 0 Å². The highest BCUT2D eigenvalue weighted by Gasteiger charge is 2.11. The molecule has 0 aromatic carbocycles. The zero-order valence-electron chi connectivity index (χ0n) is 10.4. The molecule has 0 saturated heterocycles. The number of carbonyl (C=O) groups excluding carboxylic acids is 1. The maximum Gasteiger partial charge on any atom is 0.207 e. The van der Waals surface area contributed by atoms with Gasteiger partial charge in [-0.1, -0.05) is 18.5 Å². The zero-order chi connectivity index (χ0) is 12.4. The van der Waals surface area contributed by atoms with Crippen LogP contribution in [0.3, 0.4) is 0 Å². The fraction of sp³-hybridized carbons (Fsp3) is 0.727. The van der Waals surface area contributed by atoms with Gasteiger partial charge in [0.2, 0.25) is 6.41 Å². The van der Waals surface area contributed by atoms with Gasteiger partial charge < -0.3 is 10.1 Å². The lowest BCUT2D eigenvalue weighted by atomic mass is 10.2. The van der Waals surface area contributed by atoms with Gasteiger partial charge in [0.1, 0.15) is 0 Å². The molecule has 0 spiro atoms. The van der Waals surface area contributed by atoms with Gasteiger partial charge in [0, 0.05) is 19.6 Å². The van der Waals surface area contributed by atoms with Crippen molar-refractivity contribution in [1.82, 2.24) is 9.62 Å². The van der Waals surface area contributed by atoms with Crippen LogP contribution in [0.1, 0.15) is 20.8 Å². The Kier molecular flexibility index (Phi) is 8.33. The van der Waals surface area contributed by atoms with E-state index in [0.29, 0.717) is 19.6 Å². The molecule has 0 rings (SSSR count). The fourth-order valence-electron chi connectivity index (χ4n) is 1.02. The summed E-state index contributed by atoms with van der Waals surface area (Å²) in [7, 11) is 0. The molecule has 0 bridgehead atoms. The SMILES string of the molecule is C=CSN(CCNC=O)CCOC(C)(C)C. The summed E-state index contributed by atoms with van der Waals surface area (Å²) in [5.41, 5.74) is -0.106. The van der Waals surface area contributed by atoms with E-state index in [1.54, 1.807) is 5.41 Å². The summed E-state index contributed by atoms with van der Waals surface area (Å²) in [4.78, 5) is 10.1. The van der Waals surface area contributed by atoms with Crippen molar-refractivity contribution in [1.29, 1.82) is 0 Å². The Morgan fingerprint density at radius 2 is 2.12 bits per heavy atom. The summed E-state index contributed by atoms with van der Waals surface area (Å²) >= 11 is 1.54. The van der Waals surface area contributed by atoms with Crippen LogP contribution in [0, 0.1) is 0 Å². The molecule has 0 heterocycles. The Bertz CT molecular complexity index is 205. The van der Waals surface area contributed by atoms with Crippen molar-refractivity contribution < 1.29 is 9.53 Å². The molecule has 0 atom stereocenters. The zero-order valence-corrected chi connectivity index (χ0v) is 11.2. The summed E-state index contributed by atoms with van der Waals surface area (Å²) in [6.45, 7) is 12.7. The third-order valence-electron chi connectivity index (χ3n) is 1.69. The second-order valence-electron chi connectivity index (χ2n) is 4.23. The van der Waals surface area contributed by atoms with Gasteiger partial charge in [-0.05, 0) is 26.2 Å². The Hall–Kier alpha value is -0.520. The third kappa shape index (κ3) is 10.0. The monoisotopic (exact) mass is 246 g/mol. The molecule has 0 aromatic rings. The molecule has 4 nitrogen and oxygen atoms in total. The van der Waals surface area contributed by atoms with Gasteiger partial charge in [-0.2, -0.15) is 0 Å². The minimum absolute atomic E-state index is 0.106. The molecular formula is C11H22N2O2S. The summed E-state index contributed by atoms with van der Waals surface area (Å²) in [5, 5.41) is 4.41. The normalized spacial score (nSPS) is 11.5. The largest absolute Gasteiger partial charge is 0.374 e. The Labute approximate surface area is 103 Å². The first kappa shape index (κ1) is 15.5. The maximum atomic E-state index is 10.1. The predicted molar refractivity (Wildman–Crippen MR) is 69.1 cm³/mol. The lowest BCUT2D eigenvalue weighted by Gasteiger charge is -2.23. The van der Waals surface area contributed by atoms with E-state index in [1.807, 2.05) is 20.8 Å². The van der Waals surface area contributed by atoms with Crippen LogP contribution in [0.5, 0.6) is 0 Å². The van der Waals surface area contributed by atoms with Crippen molar-refractivity contribution in [2.24, 2.45) is 0 Å². The second-order valence-corrected chi connectivity index (χ2v) is 5.29. The molecule has 0 fully saturated rings. The van der Waals surface area contributed by atoms with Crippen molar-refractivity contribution in [3.8, 4) is 0 Å². The van der Waals surface area contributed by atoms with Crippen LogP contribution in [0.25, 0.3) is 0 Å². The minimum atomic E-state index is -0.106. The van der Waals surface area contributed by atoms with Crippen molar-refractivity contribution >= 4 is 18.4 Å². The average molecular weight is 246 g/mol. The summed E-state index contributed by atoms with van der Waals surface area (Å²) in [6, 6.07) is 0. The Morgan fingerprint density at radius 3 is 2.62 bits per heavy atom. The van der Waals surface area contributed by atoms with E-state index in [4.69, 9.17) is 4.74 Å². The average Bonchev–Trinajstić information content (AvgIpc) is 2.16. The van der Waals surface area contributed by atoms with E-state index >= 15 is 0 Å². The molecule has 0 radical (unpaired) electrons. The van der Waals surface area contributed by atoms with Crippen LogP contribution in [0.4, 0.5) is 0 Å². The van der Waals surface area contributed by atoms with Crippen molar-refractivity contribution in [3.63, 3.8) is 0 Å². The molecule has 1 N–H and O–H groups in total. The lowest BCUT2D eigenvalue weighted by Crippen LogP contribution is -2.31. The van der Waals surface area contributed by atoms with Gasteiger partial charge in [0.25, 0.3) is 0 Å².